The molecule has 8 amide bonds. The number of halogens is 3. The molecule has 730 valence electrons. The number of benzene rings is 2. The Hall–Kier alpha value is -16.1. The van der Waals surface area contributed by atoms with E-state index >= 15 is 0 Å². The van der Waals surface area contributed by atoms with Gasteiger partial charge in [-0.05, 0) is 247 Å². The van der Waals surface area contributed by atoms with E-state index in [4.69, 9.17) is 6.57 Å². The van der Waals surface area contributed by atoms with Gasteiger partial charge in [0.25, 0.3) is 76.2 Å². The van der Waals surface area contributed by atoms with Crippen molar-refractivity contribution in [2.75, 3.05) is 26.2 Å². The molecule has 8 bridgehead atoms. The van der Waals surface area contributed by atoms with Crippen LogP contribution >= 0.6 is 0 Å². The predicted octanol–water partition coefficient (Wildman–Crippen LogP) is 8.60. The summed E-state index contributed by atoms with van der Waals surface area (Å²) in [5.74, 6) is -7.38. The number of aromatic nitrogens is 18. The second kappa shape index (κ2) is 39.8. The van der Waals surface area contributed by atoms with E-state index in [1.54, 1.807) is 42.5 Å². The van der Waals surface area contributed by atoms with Crippen molar-refractivity contribution in [3.8, 4) is 0 Å². The van der Waals surface area contributed by atoms with Crippen LogP contribution < -0.4 is 42.5 Å². The van der Waals surface area contributed by atoms with E-state index in [-0.39, 0.29) is 128 Å². The molecule has 12 aromatic rings. The van der Waals surface area contributed by atoms with Gasteiger partial charge in [0.2, 0.25) is 5.95 Å². The first kappa shape index (κ1) is 96.5. The average Bonchev–Trinajstić information content (AvgIpc) is 1.16. The van der Waals surface area contributed by atoms with Gasteiger partial charge in [0.1, 0.15) is 88.7 Å². The number of pyridine rings is 2. The molecule has 141 heavy (non-hydrogen) atoms. The summed E-state index contributed by atoms with van der Waals surface area (Å²) in [6, 6.07) is 23.1. The minimum atomic E-state index is -0.722. The van der Waals surface area contributed by atoms with Crippen molar-refractivity contribution in [3.05, 3.63) is 232 Å². The maximum Gasteiger partial charge on any atom is 0.309 e. The molecule has 12 aliphatic rings. The number of carbonyl (C=O) groups excluding carboxylic acids is 8. The number of fused-ring (bicyclic) bond motifs is 16. The van der Waals surface area contributed by atoms with E-state index in [1.807, 2.05) is 0 Å². The molecule has 46 heteroatoms. The first-order chi connectivity index (χ1) is 67.7. The van der Waals surface area contributed by atoms with Crippen LogP contribution in [-0.4, -0.2) is 206 Å². The Kier molecular flexibility index (Phi) is 27.2. The normalized spacial score (nSPS) is 23.1. The molecule has 12 aliphatic carbocycles. The lowest BCUT2D eigenvalue weighted by Crippen LogP contribution is -2.50. The number of amides is 8. The van der Waals surface area contributed by atoms with Gasteiger partial charge in [-0.3, -0.25) is 57.5 Å². The van der Waals surface area contributed by atoms with Gasteiger partial charge < -0.3 is 67.8 Å². The molecule has 12 fully saturated rings. The fourth-order valence-corrected chi connectivity index (χ4v) is 20.7. The molecule has 0 spiro atoms. The van der Waals surface area contributed by atoms with E-state index in [0.29, 0.717) is 125 Å². The van der Waals surface area contributed by atoms with Gasteiger partial charge in [-0.1, -0.05) is 30.8 Å². The van der Waals surface area contributed by atoms with E-state index in [2.05, 4.69) is 118 Å². The van der Waals surface area contributed by atoms with Gasteiger partial charge in [-0.25, -0.2) is 33.7 Å². The van der Waals surface area contributed by atoms with E-state index in [1.165, 1.54) is 110 Å². The zero-order valence-electron chi connectivity index (χ0n) is 76.1. The van der Waals surface area contributed by atoms with Gasteiger partial charge in [0.15, 0.2) is 0 Å². The summed E-state index contributed by atoms with van der Waals surface area (Å²) in [5.41, 5.74) is 0.0867. The molecule has 0 atom stereocenters. The number of hydrogen-bond acceptors (Lipinski definition) is 26. The van der Waals surface area contributed by atoms with Crippen LogP contribution in [0.25, 0.3) is 28.0 Å². The second-order valence-electron chi connectivity index (χ2n) is 38.2. The highest BCUT2D eigenvalue weighted by Gasteiger charge is 2.57. The third-order valence-corrected chi connectivity index (χ3v) is 30.1. The van der Waals surface area contributed by atoms with Crippen LogP contribution in [0.3, 0.4) is 0 Å². The minimum absolute atomic E-state index is 0.00760. The van der Waals surface area contributed by atoms with Crippen LogP contribution in [0.2, 0.25) is 0 Å². The number of hydrogen-bond donors (Lipinski definition) is 12. The average molecular weight is 1930 g/mol. The van der Waals surface area contributed by atoms with Gasteiger partial charge >= 0.3 is 23.9 Å². The fourth-order valence-electron chi connectivity index (χ4n) is 20.7. The molecule has 0 saturated heterocycles. The third kappa shape index (κ3) is 20.7. The fraction of sp³-hybridized carbons (Fsp3) is 0.421. The Morgan fingerprint density at radius 1 is 0.305 bits per heavy atom. The number of nitrogens with zero attached hydrogens (tertiary/aromatic N) is 19. The van der Waals surface area contributed by atoms with Crippen molar-refractivity contribution in [2.24, 2.45) is 43.3 Å². The SMILES string of the molecule is O=C(NCc1ccc(F)cc1)c1cc(C(=O)NCC23CCC(C(=O)O)(CC2)CC3)n2ncnc2n1.O=C(NCc1cccc(F)c1)c1cc(C(=O)NCC23CCC(C(=O)O)(CC2)CC3)n2ncnc2n1.O=C(NCc1ccnc(F)c1)c1cc(C(=O)NCC23CCC(C(=O)O)(CC2)CC3)n2ncnc2n1.[C-]#[N+]c1cc(CNC(=O)c2cc(C(=O)NCC34CCC(C(=O)O)(CC3)CC4)n3ncnc3n2)ccn1. The van der Waals surface area contributed by atoms with Gasteiger partial charge in [-0.2, -0.15) is 62.8 Å². The molecule has 43 nitrogen and oxygen atoms in total. The van der Waals surface area contributed by atoms with Crippen LogP contribution in [-0.2, 0) is 45.4 Å². The van der Waals surface area contributed by atoms with Crippen molar-refractivity contribution in [3.63, 3.8) is 0 Å². The highest BCUT2D eigenvalue weighted by molar-refractivity contribution is 6.01. The molecule has 0 unspecified atom stereocenters. The standard InChI is InChI=1S/2C24H25FN6O4.C24H24N8O4.C23H24FN7O4/c25-16-3-1-15(2-4-16)12-26-19(32)17-11-18(31-22(30-17)28-14-29-31)20(33)27-13-23-5-8-24(9-6-23,10-7-23)21(34)35;25-16-3-1-2-15(10-16)12-26-19(32)17-11-18(31-22(30-17)28-14-29-31)20(33)27-13-23-4-7-24(8-5-23,9-6-23)21(34)35;1-25-18-10-15(2-9-26-18)12-27-19(33)16-11-17(32-22(31-16)29-14-30-32)20(34)28-13-23-3-6-24(7-4-23,8-5-23)21(35)36;24-17-9-14(1-8-25-17)11-26-18(32)15-10-16(31-21(30-15)28-13-29-31)19(33)27-12-22-2-5-23(6-3-22,7-4-22)20(34)35/h1-4,11,14H,5-10,12-13H2,(H,26,32)(H,27,33)(H,34,35);1-3,10-11,14H,4-9,12-13H2,(H,26,32)(H,27,33)(H,34,35);2,9-11,14H,3-8,12-13H2,(H,27,33)(H,28,34)(H,35,36);1,8-10,13H,2-7,11-12H2,(H,26,32)(H,27,33)(H,34,35). The van der Waals surface area contributed by atoms with Crippen LogP contribution in [0, 0.1) is 67.5 Å². The maximum atomic E-state index is 13.4. The van der Waals surface area contributed by atoms with E-state index < -0.39 is 105 Å². The molecule has 10 aromatic heterocycles. The van der Waals surface area contributed by atoms with Gasteiger partial charge in [0, 0.05) is 82.8 Å². The first-order valence-electron chi connectivity index (χ1n) is 46.2. The summed E-state index contributed by atoms with van der Waals surface area (Å²) < 4.78 is 44.9. The largest absolute Gasteiger partial charge is 0.481 e. The molecule has 0 aliphatic heterocycles. The lowest BCUT2D eigenvalue weighted by atomic mass is 9.53. The minimum Gasteiger partial charge on any atom is -0.481 e. The molecule has 2 aromatic carbocycles. The monoisotopic (exact) mass is 1930 g/mol. The predicted molar refractivity (Wildman–Crippen MR) is 485 cm³/mol. The van der Waals surface area contributed by atoms with Crippen LogP contribution in [0.5, 0.6) is 0 Å². The van der Waals surface area contributed by atoms with Crippen LogP contribution in [0.4, 0.5) is 19.0 Å². The summed E-state index contributed by atoms with van der Waals surface area (Å²) in [5, 5.41) is 77.2. The zero-order chi connectivity index (χ0) is 99.2. The second-order valence-corrected chi connectivity index (χ2v) is 38.2. The van der Waals surface area contributed by atoms with E-state index in [9.17, 15) is 91.1 Å². The van der Waals surface area contributed by atoms with Crippen molar-refractivity contribution in [1.29, 1.82) is 0 Å². The molecular formula is C95H98F3N27O16. The van der Waals surface area contributed by atoms with Crippen molar-refractivity contribution in [1.82, 2.24) is 131 Å². The number of carboxylic acids is 4. The van der Waals surface area contributed by atoms with E-state index in [0.717, 1.165) is 77.0 Å². The number of rotatable bonds is 28. The highest BCUT2D eigenvalue weighted by atomic mass is 19.1. The summed E-state index contributed by atoms with van der Waals surface area (Å²) >= 11 is 0. The topological polar surface area (TPSA) is 584 Å². The lowest BCUT2D eigenvalue weighted by molar-refractivity contribution is -0.159. The number of nitrogens with one attached hydrogen (secondary N) is 8. The Morgan fingerprint density at radius 2 is 0.582 bits per heavy atom. The Labute approximate surface area is 799 Å². The zero-order valence-corrected chi connectivity index (χ0v) is 76.1. The van der Waals surface area contributed by atoms with Gasteiger partial charge in [-0.15, -0.1) is 4.98 Å². The number of carbonyl (C=O) groups is 12. The summed E-state index contributed by atoms with van der Waals surface area (Å²) in [6.45, 7) is 9.21. The summed E-state index contributed by atoms with van der Waals surface area (Å²) in [7, 11) is 0. The molecule has 24 rings (SSSR count). The Bertz CT molecular complexity index is 6700. The Balaban J connectivity index is 0.000000130. The van der Waals surface area contributed by atoms with Crippen LogP contribution in [0.1, 0.15) is 260 Å². The van der Waals surface area contributed by atoms with Crippen molar-refractivity contribution in [2.45, 2.75) is 180 Å². The number of carboxylic acid groups (broad SMARTS) is 4. The highest BCUT2D eigenvalue weighted by Crippen LogP contribution is 2.60. The molecular weight excluding hydrogens is 1830 g/mol. The molecule has 12 saturated carbocycles. The quantitative estimate of drug-likeness (QED) is 0.0161. The van der Waals surface area contributed by atoms with Crippen molar-refractivity contribution >= 4 is 100 Å². The smallest absolute Gasteiger partial charge is 0.309 e. The summed E-state index contributed by atoms with van der Waals surface area (Å²) in [6.07, 6.45) is 24.3. The van der Waals surface area contributed by atoms with Crippen LogP contribution in [0.15, 0.2) is 135 Å². The summed E-state index contributed by atoms with van der Waals surface area (Å²) in [4.78, 5) is 194. The van der Waals surface area contributed by atoms with Crippen molar-refractivity contribution < 1.29 is 91.1 Å². The maximum absolute atomic E-state index is 13.4. The number of aliphatic carboxylic acids is 4. The Morgan fingerprint density at radius 3 is 0.858 bits per heavy atom. The van der Waals surface area contributed by atoms with Gasteiger partial charge in [0.05, 0.1) is 21.7 Å². The lowest BCUT2D eigenvalue weighted by Gasteiger charge is -2.51. The third-order valence-electron chi connectivity index (χ3n) is 30.1. The molecule has 12 N–H and O–H groups in total. The first-order valence-corrected chi connectivity index (χ1v) is 46.2. The molecule has 10 heterocycles. The molecule has 0 radical (unpaired) electrons.